The van der Waals surface area contributed by atoms with Gasteiger partial charge in [-0.05, 0) is 6.07 Å². The molecule has 1 aromatic heterocycles. The fourth-order valence-electron chi connectivity index (χ4n) is 1.62. The highest BCUT2D eigenvalue weighted by Gasteiger charge is 2.13. The normalized spacial score (nSPS) is 10.4. The number of benzene rings is 1. The van der Waals surface area contributed by atoms with Gasteiger partial charge in [0.2, 0.25) is 0 Å². The number of carbonyl (C=O) groups is 1. The van der Waals surface area contributed by atoms with Crippen molar-refractivity contribution in [1.82, 2.24) is 9.78 Å². The van der Waals surface area contributed by atoms with E-state index in [1.165, 1.54) is 4.68 Å². The summed E-state index contributed by atoms with van der Waals surface area (Å²) in [6, 6.07) is 10.9. The molecule has 0 spiro atoms. The minimum atomic E-state index is -0.604. The number of primary amides is 1. The van der Waals surface area contributed by atoms with Gasteiger partial charge in [0.15, 0.2) is 0 Å². The first-order valence-electron chi connectivity index (χ1n) is 5.21. The molecule has 0 bridgehead atoms. The van der Waals surface area contributed by atoms with Crippen LogP contribution in [0.1, 0.15) is 10.5 Å². The third-order valence-corrected chi connectivity index (χ3v) is 2.40. The standard InChI is InChI=1S/C12H12FN3O/c13-6-7-16-11(12(14)17)8-10(15-16)9-4-2-1-3-5-9/h1-5,8H,6-7H2,(H2,14,17). The molecule has 0 atom stereocenters. The molecule has 2 N–H and O–H groups in total. The minimum Gasteiger partial charge on any atom is -0.364 e. The van der Waals surface area contributed by atoms with Gasteiger partial charge in [0, 0.05) is 5.56 Å². The predicted molar refractivity (Wildman–Crippen MR) is 62.2 cm³/mol. The first kappa shape index (κ1) is 11.3. The number of hydrogen-bond acceptors (Lipinski definition) is 2. The lowest BCUT2D eigenvalue weighted by Gasteiger charge is -2.00. The lowest BCUT2D eigenvalue weighted by atomic mass is 10.1. The van der Waals surface area contributed by atoms with Crippen molar-refractivity contribution in [3.8, 4) is 11.3 Å². The molecule has 17 heavy (non-hydrogen) atoms. The van der Waals surface area contributed by atoms with Gasteiger partial charge in [-0.3, -0.25) is 9.48 Å². The highest BCUT2D eigenvalue weighted by molar-refractivity contribution is 5.92. The minimum absolute atomic E-state index is 0.0328. The molecular weight excluding hydrogens is 221 g/mol. The van der Waals surface area contributed by atoms with Gasteiger partial charge in [0.1, 0.15) is 12.4 Å². The number of nitrogens with two attached hydrogens (primary N) is 1. The predicted octanol–water partition coefficient (Wildman–Crippen LogP) is 1.62. The van der Waals surface area contributed by atoms with E-state index in [4.69, 9.17) is 5.73 Å². The van der Waals surface area contributed by atoms with Crippen LogP contribution in [0.25, 0.3) is 11.3 Å². The molecule has 0 aliphatic rings. The number of alkyl halides is 1. The van der Waals surface area contributed by atoms with E-state index in [0.717, 1.165) is 5.56 Å². The lowest BCUT2D eigenvalue weighted by Crippen LogP contribution is -2.18. The summed E-state index contributed by atoms with van der Waals surface area (Å²) in [6.45, 7) is -0.554. The Balaban J connectivity index is 2.44. The van der Waals surface area contributed by atoms with Gasteiger partial charge < -0.3 is 5.73 Å². The smallest absolute Gasteiger partial charge is 0.266 e. The summed E-state index contributed by atoms with van der Waals surface area (Å²) >= 11 is 0. The molecule has 1 aromatic carbocycles. The van der Waals surface area contributed by atoms with Crippen molar-refractivity contribution in [3.63, 3.8) is 0 Å². The third-order valence-electron chi connectivity index (χ3n) is 2.40. The molecule has 0 saturated heterocycles. The van der Waals surface area contributed by atoms with Crippen LogP contribution in [0.15, 0.2) is 36.4 Å². The van der Waals surface area contributed by atoms with Gasteiger partial charge in [-0.25, -0.2) is 4.39 Å². The Labute approximate surface area is 97.9 Å². The van der Waals surface area contributed by atoms with Crippen LogP contribution in [0.2, 0.25) is 0 Å². The number of amides is 1. The molecule has 1 amide bonds. The maximum atomic E-state index is 12.3. The summed E-state index contributed by atoms with van der Waals surface area (Å²) in [5, 5.41) is 4.17. The van der Waals surface area contributed by atoms with E-state index in [2.05, 4.69) is 5.10 Å². The van der Waals surface area contributed by atoms with Crippen molar-refractivity contribution >= 4 is 5.91 Å². The molecule has 4 nitrogen and oxygen atoms in total. The average molecular weight is 233 g/mol. The first-order chi connectivity index (χ1) is 8.22. The van der Waals surface area contributed by atoms with Crippen LogP contribution in [0.5, 0.6) is 0 Å². The Kier molecular flexibility index (Phi) is 3.18. The highest BCUT2D eigenvalue weighted by Crippen LogP contribution is 2.18. The number of aryl methyl sites for hydroxylation is 1. The van der Waals surface area contributed by atoms with Gasteiger partial charge in [0.25, 0.3) is 5.91 Å². The largest absolute Gasteiger partial charge is 0.364 e. The number of aromatic nitrogens is 2. The van der Waals surface area contributed by atoms with Crippen LogP contribution in [-0.4, -0.2) is 22.4 Å². The van der Waals surface area contributed by atoms with Crippen molar-refractivity contribution in [1.29, 1.82) is 0 Å². The zero-order chi connectivity index (χ0) is 12.3. The maximum Gasteiger partial charge on any atom is 0.266 e. The van der Waals surface area contributed by atoms with Crippen molar-refractivity contribution in [2.45, 2.75) is 6.54 Å². The van der Waals surface area contributed by atoms with Crippen LogP contribution in [0.3, 0.4) is 0 Å². The van der Waals surface area contributed by atoms with E-state index in [1.807, 2.05) is 30.3 Å². The van der Waals surface area contributed by atoms with Crippen LogP contribution in [-0.2, 0) is 6.54 Å². The highest BCUT2D eigenvalue weighted by atomic mass is 19.1. The van der Waals surface area contributed by atoms with Gasteiger partial charge >= 0.3 is 0 Å². The Bertz CT molecular complexity index is 522. The molecule has 2 rings (SSSR count). The zero-order valence-electron chi connectivity index (χ0n) is 9.14. The van der Waals surface area contributed by atoms with E-state index >= 15 is 0 Å². The van der Waals surface area contributed by atoms with Gasteiger partial charge in [-0.1, -0.05) is 30.3 Å². The summed E-state index contributed by atoms with van der Waals surface area (Å²) in [6.07, 6.45) is 0. The lowest BCUT2D eigenvalue weighted by molar-refractivity contribution is 0.0989. The summed E-state index contributed by atoms with van der Waals surface area (Å²) in [5.74, 6) is -0.604. The van der Waals surface area contributed by atoms with Crippen molar-refractivity contribution in [3.05, 3.63) is 42.1 Å². The molecule has 0 aliphatic heterocycles. The molecule has 0 saturated carbocycles. The molecule has 2 aromatic rings. The SMILES string of the molecule is NC(=O)c1cc(-c2ccccc2)nn1CCF. The monoisotopic (exact) mass is 233 g/mol. The zero-order valence-corrected chi connectivity index (χ0v) is 9.14. The number of nitrogens with zero attached hydrogens (tertiary/aromatic N) is 2. The molecule has 5 heteroatoms. The number of rotatable bonds is 4. The van der Waals surface area contributed by atoms with Crippen LogP contribution in [0.4, 0.5) is 4.39 Å². The van der Waals surface area contributed by atoms with Gasteiger partial charge in [-0.15, -0.1) is 0 Å². The maximum absolute atomic E-state index is 12.3. The average Bonchev–Trinajstić information content (AvgIpc) is 2.75. The molecule has 1 heterocycles. The van der Waals surface area contributed by atoms with Crippen LogP contribution >= 0.6 is 0 Å². The summed E-state index contributed by atoms with van der Waals surface area (Å²) < 4.78 is 13.6. The fourth-order valence-corrected chi connectivity index (χ4v) is 1.62. The van der Waals surface area contributed by atoms with Gasteiger partial charge in [-0.2, -0.15) is 5.10 Å². The van der Waals surface area contributed by atoms with E-state index in [-0.39, 0.29) is 12.2 Å². The topological polar surface area (TPSA) is 60.9 Å². The molecule has 0 fully saturated rings. The Morgan fingerprint density at radius 3 is 2.65 bits per heavy atom. The van der Waals surface area contributed by atoms with E-state index in [0.29, 0.717) is 5.69 Å². The molecule has 0 radical (unpaired) electrons. The molecule has 0 aliphatic carbocycles. The number of halogens is 1. The van der Waals surface area contributed by atoms with E-state index < -0.39 is 12.6 Å². The fraction of sp³-hybridized carbons (Fsp3) is 0.167. The Morgan fingerprint density at radius 1 is 1.35 bits per heavy atom. The second kappa shape index (κ2) is 4.78. The summed E-state index contributed by atoms with van der Waals surface area (Å²) in [7, 11) is 0. The Morgan fingerprint density at radius 2 is 2.06 bits per heavy atom. The first-order valence-corrected chi connectivity index (χ1v) is 5.21. The number of carbonyl (C=O) groups excluding carboxylic acids is 1. The van der Waals surface area contributed by atoms with Gasteiger partial charge in [0.05, 0.1) is 12.2 Å². The van der Waals surface area contributed by atoms with E-state index in [9.17, 15) is 9.18 Å². The third kappa shape index (κ3) is 2.33. The molecule has 0 unspecified atom stereocenters. The van der Waals surface area contributed by atoms with Crippen molar-refractivity contribution in [2.24, 2.45) is 5.73 Å². The molecular formula is C12H12FN3O. The quantitative estimate of drug-likeness (QED) is 0.872. The van der Waals surface area contributed by atoms with Crippen LogP contribution < -0.4 is 5.73 Å². The van der Waals surface area contributed by atoms with Crippen molar-refractivity contribution < 1.29 is 9.18 Å². The van der Waals surface area contributed by atoms with Crippen LogP contribution in [0, 0.1) is 0 Å². The summed E-state index contributed by atoms with van der Waals surface area (Å²) in [5.41, 5.74) is 6.92. The molecule has 88 valence electrons. The second-order valence-corrected chi connectivity index (χ2v) is 3.56. The summed E-state index contributed by atoms with van der Waals surface area (Å²) in [4.78, 5) is 11.2. The second-order valence-electron chi connectivity index (χ2n) is 3.56. The van der Waals surface area contributed by atoms with E-state index in [1.54, 1.807) is 6.07 Å². The number of hydrogen-bond donors (Lipinski definition) is 1. The Hall–Kier alpha value is -2.17. The van der Waals surface area contributed by atoms with Crippen molar-refractivity contribution in [2.75, 3.05) is 6.67 Å².